The Morgan fingerprint density at radius 1 is 1.00 bits per heavy atom. The smallest absolute Gasteiger partial charge is 0.0431 e. The van der Waals surface area contributed by atoms with E-state index in [1.54, 1.807) is 0 Å². The van der Waals surface area contributed by atoms with Crippen LogP contribution in [0.5, 0.6) is 0 Å². The average molecular weight is 185 g/mol. The van der Waals surface area contributed by atoms with E-state index >= 15 is 0 Å². The summed E-state index contributed by atoms with van der Waals surface area (Å²) in [6.07, 6.45) is 9.16. The highest BCUT2D eigenvalue weighted by molar-refractivity contribution is 4.69. The summed E-state index contributed by atoms with van der Waals surface area (Å²) in [5.41, 5.74) is 0. The number of aliphatic hydroxyl groups is 1. The van der Waals surface area contributed by atoms with Crippen molar-refractivity contribution < 1.29 is 5.11 Å². The molecule has 0 heterocycles. The van der Waals surface area contributed by atoms with E-state index in [1.807, 2.05) is 6.08 Å². The van der Waals surface area contributed by atoms with Gasteiger partial charge in [0.2, 0.25) is 0 Å². The molecule has 0 aliphatic rings. The van der Waals surface area contributed by atoms with Crippen LogP contribution in [-0.2, 0) is 0 Å². The maximum absolute atomic E-state index is 8.55. The summed E-state index contributed by atoms with van der Waals surface area (Å²) in [5, 5.41) is 11.8. The highest BCUT2D eigenvalue weighted by Gasteiger charge is 1.90. The Labute approximate surface area is 82.0 Å². The van der Waals surface area contributed by atoms with Gasteiger partial charge in [0.1, 0.15) is 0 Å². The zero-order chi connectivity index (χ0) is 9.78. The number of aliphatic hydroxyl groups excluding tert-OH is 1. The fraction of sp³-hybridized carbons (Fsp3) is 0.818. The summed E-state index contributed by atoms with van der Waals surface area (Å²) in [7, 11) is 0. The first-order chi connectivity index (χ1) is 6.41. The summed E-state index contributed by atoms with van der Waals surface area (Å²) >= 11 is 0. The molecule has 2 N–H and O–H groups in total. The highest BCUT2D eigenvalue weighted by atomic mass is 16.2. The molecule has 0 fully saturated rings. The molecule has 13 heavy (non-hydrogen) atoms. The SMILES string of the molecule is C=CCNCCCCCCCCO. The molecular formula is C11H23NO. The number of unbranched alkanes of at least 4 members (excludes halogenated alkanes) is 5. The summed E-state index contributed by atoms with van der Waals surface area (Å²) in [4.78, 5) is 0. The monoisotopic (exact) mass is 185 g/mol. The maximum Gasteiger partial charge on any atom is 0.0431 e. The first kappa shape index (κ1) is 12.7. The minimum absolute atomic E-state index is 0.348. The van der Waals surface area contributed by atoms with Crippen LogP contribution in [0.25, 0.3) is 0 Å². The van der Waals surface area contributed by atoms with Crippen molar-refractivity contribution in [1.82, 2.24) is 5.32 Å². The van der Waals surface area contributed by atoms with Gasteiger partial charge in [-0.3, -0.25) is 0 Å². The molecule has 0 bridgehead atoms. The van der Waals surface area contributed by atoms with Crippen molar-refractivity contribution in [3.8, 4) is 0 Å². The van der Waals surface area contributed by atoms with Gasteiger partial charge in [-0.25, -0.2) is 0 Å². The molecule has 0 saturated carbocycles. The van der Waals surface area contributed by atoms with Gasteiger partial charge in [0, 0.05) is 13.2 Å². The normalized spacial score (nSPS) is 10.2. The fourth-order valence-corrected chi connectivity index (χ4v) is 1.27. The number of hydrogen-bond donors (Lipinski definition) is 2. The van der Waals surface area contributed by atoms with Crippen molar-refractivity contribution in [3.05, 3.63) is 12.7 Å². The van der Waals surface area contributed by atoms with Crippen LogP contribution >= 0.6 is 0 Å². The third kappa shape index (κ3) is 11.7. The number of hydrogen-bond acceptors (Lipinski definition) is 2. The fourth-order valence-electron chi connectivity index (χ4n) is 1.27. The molecule has 0 atom stereocenters. The minimum atomic E-state index is 0.348. The molecule has 2 nitrogen and oxygen atoms in total. The lowest BCUT2D eigenvalue weighted by Crippen LogP contribution is -2.14. The first-order valence-corrected chi connectivity index (χ1v) is 5.34. The summed E-state index contributed by atoms with van der Waals surface area (Å²) in [6, 6.07) is 0. The molecule has 0 spiro atoms. The molecule has 0 aromatic rings. The van der Waals surface area contributed by atoms with Crippen LogP contribution in [0.15, 0.2) is 12.7 Å². The maximum atomic E-state index is 8.55. The van der Waals surface area contributed by atoms with Crippen LogP contribution in [0.4, 0.5) is 0 Å². The van der Waals surface area contributed by atoms with Crippen LogP contribution in [0.1, 0.15) is 38.5 Å². The van der Waals surface area contributed by atoms with Gasteiger partial charge in [0.25, 0.3) is 0 Å². The number of nitrogens with one attached hydrogen (secondary N) is 1. The lowest BCUT2D eigenvalue weighted by molar-refractivity contribution is 0.282. The van der Waals surface area contributed by atoms with Gasteiger partial charge < -0.3 is 10.4 Å². The first-order valence-electron chi connectivity index (χ1n) is 5.34. The van der Waals surface area contributed by atoms with E-state index in [4.69, 9.17) is 5.11 Å². The molecule has 0 radical (unpaired) electrons. The molecule has 0 unspecified atom stereocenters. The van der Waals surface area contributed by atoms with Crippen LogP contribution < -0.4 is 5.32 Å². The van der Waals surface area contributed by atoms with E-state index in [1.165, 1.54) is 32.1 Å². The summed E-state index contributed by atoms with van der Waals surface area (Å²) in [6.45, 7) is 6.01. The molecule has 0 aromatic carbocycles. The van der Waals surface area contributed by atoms with Crippen molar-refractivity contribution in [2.45, 2.75) is 38.5 Å². The predicted octanol–water partition coefficient (Wildman–Crippen LogP) is 2.09. The minimum Gasteiger partial charge on any atom is -0.396 e. The predicted molar refractivity (Wildman–Crippen MR) is 57.9 cm³/mol. The Hall–Kier alpha value is -0.340. The molecule has 0 aliphatic heterocycles. The van der Waals surface area contributed by atoms with Crippen LogP contribution in [0.3, 0.4) is 0 Å². The van der Waals surface area contributed by atoms with Gasteiger partial charge >= 0.3 is 0 Å². The average Bonchev–Trinajstić information content (AvgIpc) is 2.16. The van der Waals surface area contributed by atoms with Gasteiger partial charge in [-0.15, -0.1) is 6.58 Å². The zero-order valence-corrected chi connectivity index (χ0v) is 8.60. The lowest BCUT2D eigenvalue weighted by atomic mass is 10.1. The van der Waals surface area contributed by atoms with E-state index < -0.39 is 0 Å². The standard InChI is InChI=1S/C11H23NO/c1-2-9-12-10-7-5-3-4-6-8-11-13/h2,12-13H,1,3-11H2. The van der Waals surface area contributed by atoms with Gasteiger partial charge in [0.05, 0.1) is 0 Å². The second-order valence-corrected chi connectivity index (χ2v) is 3.34. The number of rotatable bonds is 10. The van der Waals surface area contributed by atoms with E-state index in [0.29, 0.717) is 6.61 Å². The molecule has 78 valence electrons. The van der Waals surface area contributed by atoms with Crippen LogP contribution in [0.2, 0.25) is 0 Å². The van der Waals surface area contributed by atoms with E-state index in [-0.39, 0.29) is 0 Å². The van der Waals surface area contributed by atoms with E-state index in [2.05, 4.69) is 11.9 Å². The second-order valence-electron chi connectivity index (χ2n) is 3.34. The van der Waals surface area contributed by atoms with Crippen molar-refractivity contribution in [3.63, 3.8) is 0 Å². The Morgan fingerprint density at radius 3 is 2.23 bits per heavy atom. The molecule has 0 amide bonds. The van der Waals surface area contributed by atoms with Crippen molar-refractivity contribution in [2.75, 3.05) is 19.7 Å². The van der Waals surface area contributed by atoms with Crippen molar-refractivity contribution >= 4 is 0 Å². The Bertz CT molecular complexity index is 104. The van der Waals surface area contributed by atoms with Crippen LogP contribution in [-0.4, -0.2) is 24.8 Å². The van der Waals surface area contributed by atoms with Gasteiger partial charge in [-0.05, 0) is 19.4 Å². The zero-order valence-electron chi connectivity index (χ0n) is 8.60. The molecule has 2 heteroatoms. The highest BCUT2D eigenvalue weighted by Crippen LogP contribution is 2.03. The van der Waals surface area contributed by atoms with Gasteiger partial charge in [0.15, 0.2) is 0 Å². The molecule has 0 saturated heterocycles. The quantitative estimate of drug-likeness (QED) is 0.403. The van der Waals surface area contributed by atoms with Crippen molar-refractivity contribution in [2.24, 2.45) is 0 Å². The Balaban J connectivity index is 2.79. The second kappa shape index (κ2) is 11.7. The van der Waals surface area contributed by atoms with Crippen molar-refractivity contribution in [1.29, 1.82) is 0 Å². The Kier molecular flexibility index (Phi) is 11.4. The van der Waals surface area contributed by atoms with E-state index in [9.17, 15) is 0 Å². The Morgan fingerprint density at radius 2 is 1.62 bits per heavy atom. The summed E-state index contributed by atoms with van der Waals surface area (Å²) < 4.78 is 0. The topological polar surface area (TPSA) is 32.3 Å². The van der Waals surface area contributed by atoms with Crippen LogP contribution in [0, 0.1) is 0 Å². The largest absolute Gasteiger partial charge is 0.396 e. The van der Waals surface area contributed by atoms with Gasteiger partial charge in [-0.2, -0.15) is 0 Å². The molecular weight excluding hydrogens is 162 g/mol. The molecule has 0 aromatic heterocycles. The molecule has 0 aliphatic carbocycles. The third-order valence-electron chi connectivity index (χ3n) is 2.05. The lowest BCUT2D eigenvalue weighted by Gasteiger charge is -2.01. The third-order valence-corrected chi connectivity index (χ3v) is 2.05. The van der Waals surface area contributed by atoms with Gasteiger partial charge in [-0.1, -0.05) is 31.8 Å². The summed E-state index contributed by atoms with van der Waals surface area (Å²) in [5.74, 6) is 0. The van der Waals surface area contributed by atoms with E-state index in [0.717, 1.165) is 19.5 Å². The molecule has 0 rings (SSSR count).